The predicted octanol–water partition coefficient (Wildman–Crippen LogP) is 18.1. The van der Waals surface area contributed by atoms with Crippen LogP contribution in [-0.4, -0.2) is 120 Å². The zero-order chi connectivity index (χ0) is 81.7. The van der Waals surface area contributed by atoms with Crippen molar-refractivity contribution < 1.29 is 4.74 Å². The first-order chi connectivity index (χ1) is 58.7. The summed E-state index contributed by atoms with van der Waals surface area (Å²) in [5, 5.41) is 23.6. The molecule has 0 saturated heterocycles. The summed E-state index contributed by atoms with van der Waals surface area (Å²) >= 11 is 19.7. The molecule has 0 bridgehead atoms. The molecule has 21 aromatic rings. The van der Waals surface area contributed by atoms with E-state index in [0.29, 0.717) is 84.2 Å². The van der Waals surface area contributed by atoms with Crippen LogP contribution in [0.1, 0.15) is 30.0 Å². The normalized spacial score (nSPS) is 12.2. The van der Waals surface area contributed by atoms with Crippen molar-refractivity contribution in [2.75, 3.05) is 34.4 Å². The van der Waals surface area contributed by atoms with Crippen molar-refractivity contribution in [1.29, 1.82) is 0 Å². The summed E-state index contributed by atoms with van der Waals surface area (Å²) in [5.74, 6) is 3.94. The standard InChI is InChI=1S/C18H15N5S.C15H12N4S.C13H10N6S.C12H9ClN4O.C12H9ClN4S.C12H9N7S/c19-16-15-17(21-10-20-16)23(12-8-9-12)22-18(15)24-14-7-3-5-11-4-1-2-6-13(11)14;16-14-13-12(7-17-15(13)19-8-18-14)20-11-6-5-9-3-1-2-4-10(9)11;14-11-10-9(5-15-12(10)17-6-16-11)20-13-18-7-3-1-2-4-8(7)19-13;2*13-7-2-1-3-8(4-7)18-9-5-15-12-10(9)11(14)16-6-17-12;13-9-8-10(15-5-14-9)18-19-11(8)20-12-16-6-3-1-2-4-7(6)17-12/h1-7,10,12H,8-9H2,(H2,19,20,21);1-4,6-8H,5H2,(H3,16,17,18,19);1-6H,(H,18,19)(H3,14,15,16,17);2*1-6H,(H3,14,15,16,17);1-5H,(H,16,17)(H3,13,14,15,18,19). The zero-order valence-electron chi connectivity index (χ0n) is 62.4. The smallest absolute Gasteiger partial charge is 0.172 e. The Hall–Kier alpha value is -14.0. The molecule has 23 rings (SSSR count). The van der Waals surface area contributed by atoms with Gasteiger partial charge in [-0.25, -0.2) is 74.5 Å². The number of nitrogens with one attached hydrogen (secondary N) is 7. The molecule has 14 heterocycles. The molecule has 31 nitrogen and oxygen atoms in total. The molecule has 1 fully saturated rings. The van der Waals surface area contributed by atoms with Crippen LogP contribution in [0.5, 0.6) is 11.5 Å². The monoisotopic (exact) mass is 1710 g/mol. The number of nitrogens with two attached hydrogens (primary N) is 6. The van der Waals surface area contributed by atoms with Crippen molar-refractivity contribution in [2.45, 2.75) is 70.1 Å². The van der Waals surface area contributed by atoms with E-state index < -0.39 is 0 Å². The van der Waals surface area contributed by atoms with Gasteiger partial charge in [-0.3, -0.25) is 5.10 Å². The number of nitrogen functional groups attached to an aromatic ring is 6. The highest BCUT2D eigenvalue weighted by atomic mass is 35.5. The fourth-order valence-electron chi connectivity index (χ4n) is 13.0. The van der Waals surface area contributed by atoms with Crippen molar-refractivity contribution in [3.8, 4) is 11.5 Å². The lowest BCUT2D eigenvalue weighted by molar-refractivity contribution is 0.488. The number of para-hydroxylation sites is 4. The van der Waals surface area contributed by atoms with Crippen molar-refractivity contribution in [2.24, 2.45) is 0 Å². The van der Waals surface area contributed by atoms with E-state index in [1.807, 2.05) is 108 Å². The van der Waals surface area contributed by atoms with Gasteiger partial charge in [0.15, 0.2) is 27.4 Å². The van der Waals surface area contributed by atoms with E-state index in [1.54, 1.807) is 53.6 Å². The fourth-order valence-corrected chi connectivity index (χ4v) is 18.5. The van der Waals surface area contributed by atoms with E-state index in [2.05, 4.69) is 183 Å². The number of ether oxygens (including phenoxy) is 1. The Bertz CT molecular complexity index is 7030. The number of aromatic amines is 7. The largest absolute Gasteiger partial charge is 0.455 e. The van der Waals surface area contributed by atoms with Crippen LogP contribution < -0.4 is 39.1 Å². The van der Waals surface area contributed by atoms with Gasteiger partial charge in [0.05, 0.1) is 55.0 Å². The topological polar surface area (TPSA) is 487 Å². The van der Waals surface area contributed by atoms with E-state index in [1.165, 1.54) is 93.2 Å². The van der Waals surface area contributed by atoms with Gasteiger partial charge in [0.25, 0.3) is 0 Å². The maximum absolute atomic E-state index is 6.14. The molecular weight excluding hydrogens is 1650 g/mol. The van der Waals surface area contributed by atoms with Crippen LogP contribution in [0.15, 0.2) is 277 Å². The summed E-state index contributed by atoms with van der Waals surface area (Å²) in [5.41, 5.74) is 46.5. The molecular formula is C82H64Cl2N30OS5. The number of anilines is 6. The molecule has 0 unspecified atom stereocenters. The Balaban J connectivity index is 0.0000000991. The molecule has 0 atom stereocenters. The van der Waals surface area contributed by atoms with Gasteiger partial charge in [-0.05, 0) is 131 Å². The van der Waals surface area contributed by atoms with Crippen molar-refractivity contribution >= 4 is 221 Å². The molecule has 19 N–H and O–H groups in total. The summed E-state index contributed by atoms with van der Waals surface area (Å²) in [7, 11) is 0. The molecule has 0 amide bonds. The number of halogens is 2. The zero-order valence-corrected chi connectivity index (χ0v) is 68.0. The second-order valence-corrected chi connectivity index (χ2v) is 32.7. The highest BCUT2D eigenvalue weighted by Crippen LogP contribution is 2.46. The van der Waals surface area contributed by atoms with Gasteiger partial charge in [-0.2, -0.15) is 10.2 Å². The van der Waals surface area contributed by atoms with Crippen LogP contribution in [0.3, 0.4) is 0 Å². The average molecular weight is 1720 g/mol. The van der Waals surface area contributed by atoms with Gasteiger partial charge >= 0.3 is 0 Å². The molecule has 38 heteroatoms. The molecule has 1 saturated carbocycles. The lowest BCUT2D eigenvalue weighted by Crippen LogP contribution is -1.98. The van der Waals surface area contributed by atoms with E-state index in [9.17, 15) is 0 Å². The van der Waals surface area contributed by atoms with Crippen LogP contribution in [0.4, 0.5) is 34.9 Å². The number of nitrogens with zero attached hydrogens (tertiary/aromatic N) is 17. The summed E-state index contributed by atoms with van der Waals surface area (Å²) < 4.78 is 7.73. The maximum Gasteiger partial charge on any atom is 0.172 e. The summed E-state index contributed by atoms with van der Waals surface area (Å²) in [4.78, 5) is 83.6. The van der Waals surface area contributed by atoms with Crippen LogP contribution in [0.2, 0.25) is 10.0 Å². The third kappa shape index (κ3) is 16.7. The van der Waals surface area contributed by atoms with Crippen molar-refractivity contribution in [3.63, 3.8) is 0 Å². The summed E-state index contributed by atoms with van der Waals surface area (Å²) in [6, 6.07) is 54.2. The number of thioether (sulfide) groups is 1. The quantitative estimate of drug-likeness (QED) is 0.0510. The molecule has 0 aliphatic heterocycles. The molecule has 0 spiro atoms. The first-order valence-corrected chi connectivity index (χ1v) is 41.5. The number of benzene rings is 7. The van der Waals surface area contributed by atoms with E-state index in [4.69, 9.17) is 67.4 Å². The third-order valence-corrected chi connectivity index (χ3v) is 24.2. The minimum atomic E-state index is 0.373. The number of hydrogen-bond donors (Lipinski definition) is 13. The molecule has 7 aromatic carbocycles. The molecule has 0 radical (unpaired) electrons. The minimum absolute atomic E-state index is 0.373. The van der Waals surface area contributed by atoms with Gasteiger partial charge in [0.2, 0.25) is 0 Å². The van der Waals surface area contributed by atoms with Crippen LogP contribution in [0.25, 0.3) is 104 Å². The number of allylic oxidation sites excluding steroid dienone is 1. The van der Waals surface area contributed by atoms with Crippen LogP contribution in [-0.2, 0) is 6.42 Å². The molecule has 120 heavy (non-hydrogen) atoms. The fraction of sp³-hybridized carbons (Fsp3) is 0.0488. The number of hydrogen-bond acceptors (Lipinski definition) is 28. The summed E-state index contributed by atoms with van der Waals surface area (Å²) in [6.07, 6.45) is 21.6. The lowest BCUT2D eigenvalue weighted by atomic mass is 10.1. The second-order valence-electron chi connectivity index (χ2n) is 26.5. The van der Waals surface area contributed by atoms with E-state index in [-0.39, 0.29) is 0 Å². The molecule has 2 aliphatic carbocycles. The van der Waals surface area contributed by atoms with E-state index in [0.717, 1.165) is 126 Å². The number of H-pyrrole nitrogens is 7. The average Bonchev–Trinajstić information content (AvgIpc) is 1.60. The Morgan fingerprint density at radius 2 is 0.925 bits per heavy atom. The Morgan fingerprint density at radius 1 is 0.417 bits per heavy atom. The van der Waals surface area contributed by atoms with Gasteiger partial charge in [-0.1, -0.05) is 162 Å². The number of aromatic nitrogens is 24. The number of imidazole rings is 2. The van der Waals surface area contributed by atoms with Gasteiger partial charge in [-0.15, -0.1) is 0 Å². The lowest BCUT2D eigenvalue weighted by Gasteiger charge is -2.05. The first kappa shape index (κ1) is 77.2. The van der Waals surface area contributed by atoms with Gasteiger partial charge in [0, 0.05) is 64.2 Å². The second kappa shape index (κ2) is 34.3. The molecule has 2 aliphatic rings. The Kier molecular flexibility index (Phi) is 22.1. The van der Waals surface area contributed by atoms with Gasteiger partial charge < -0.3 is 69.0 Å². The summed E-state index contributed by atoms with van der Waals surface area (Å²) in [6.45, 7) is 0. The maximum atomic E-state index is 6.14. The molecule has 592 valence electrons. The predicted molar refractivity (Wildman–Crippen MR) is 477 cm³/mol. The SMILES string of the molecule is Nc1ncnc2[nH]cc(Oc3cccc(Cl)c3)c12.Nc1ncnc2[nH]cc(SC3=CCc4ccccc43)c12.Nc1ncnc2[nH]cc(Sc3cccc(Cl)c3)c12.Nc1ncnc2[nH]cc(Sc3nc4ccccc4[nH]3)c12.Nc1ncnc2[nH]nc(Sc3nc4ccccc4[nH]3)c12.Nc1ncnc2c1c(Sc1cccc3ccccc13)nn2C1CC1. The van der Waals surface area contributed by atoms with Crippen LogP contribution in [0, 0.1) is 0 Å². The number of rotatable bonds is 13. The first-order valence-electron chi connectivity index (χ1n) is 36.7. The van der Waals surface area contributed by atoms with Crippen molar-refractivity contribution in [1.82, 2.24) is 120 Å². The Labute approximate surface area is 709 Å². The minimum Gasteiger partial charge on any atom is -0.455 e. The van der Waals surface area contributed by atoms with Crippen LogP contribution >= 0.6 is 82.0 Å². The molecule has 14 aromatic heterocycles. The third-order valence-electron chi connectivity index (χ3n) is 18.7. The highest BCUT2D eigenvalue weighted by Gasteiger charge is 2.30. The van der Waals surface area contributed by atoms with Gasteiger partial charge in [0.1, 0.15) is 117 Å². The Morgan fingerprint density at radius 3 is 1.56 bits per heavy atom. The number of fused-ring (bicyclic) bond motifs is 10. The highest BCUT2D eigenvalue weighted by molar-refractivity contribution is 8.08. The van der Waals surface area contributed by atoms with Crippen molar-refractivity contribution in [3.05, 3.63) is 254 Å². The van der Waals surface area contributed by atoms with E-state index >= 15 is 0 Å².